The number of rotatable bonds is 11. The Balaban J connectivity index is 1.76. The summed E-state index contributed by atoms with van der Waals surface area (Å²) < 4.78 is 22.8. The Morgan fingerprint density at radius 3 is 2.26 bits per heavy atom. The van der Waals surface area contributed by atoms with E-state index in [2.05, 4.69) is 15.3 Å². The van der Waals surface area contributed by atoms with E-state index in [0.29, 0.717) is 50.1 Å². The van der Waals surface area contributed by atoms with E-state index in [0.717, 1.165) is 5.56 Å². The molecule has 0 atom stereocenters. The molecule has 1 heterocycles. The Labute approximate surface area is 160 Å². The number of nitrogens with zero attached hydrogens (tertiary/aromatic N) is 2. The van der Waals surface area contributed by atoms with E-state index < -0.39 is 7.60 Å². The van der Waals surface area contributed by atoms with Gasteiger partial charge < -0.3 is 14.4 Å². The lowest BCUT2D eigenvalue weighted by atomic mass is 10.2. The lowest BCUT2D eigenvalue weighted by Crippen LogP contribution is -2.25. The van der Waals surface area contributed by atoms with E-state index in [9.17, 15) is 9.36 Å². The van der Waals surface area contributed by atoms with E-state index in [1.807, 2.05) is 30.3 Å². The lowest BCUT2D eigenvalue weighted by Gasteiger charge is -2.16. The maximum absolute atomic E-state index is 12.3. The van der Waals surface area contributed by atoms with Crippen molar-refractivity contribution in [1.29, 1.82) is 0 Å². The van der Waals surface area contributed by atoms with Crippen LogP contribution in [0.2, 0.25) is 0 Å². The first-order valence-electron chi connectivity index (χ1n) is 9.11. The van der Waals surface area contributed by atoms with Crippen molar-refractivity contribution in [2.75, 3.05) is 25.9 Å². The van der Waals surface area contributed by atoms with Gasteiger partial charge in [0.15, 0.2) is 5.82 Å². The molecule has 0 fully saturated rings. The highest BCUT2D eigenvalue weighted by Gasteiger charge is 2.22. The summed E-state index contributed by atoms with van der Waals surface area (Å²) in [5, 5.41) is 2.82. The zero-order chi connectivity index (χ0) is 19.5. The van der Waals surface area contributed by atoms with Crippen LogP contribution >= 0.6 is 7.60 Å². The zero-order valence-electron chi connectivity index (χ0n) is 15.8. The second kappa shape index (κ2) is 10.9. The molecule has 1 aromatic heterocycles. The Bertz CT molecular complexity index is 743. The summed E-state index contributed by atoms with van der Waals surface area (Å²) >= 11 is 0. The highest BCUT2D eigenvalue weighted by Crippen LogP contribution is 2.48. The van der Waals surface area contributed by atoms with Gasteiger partial charge in [-0.1, -0.05) is 30.3 Å². The molecule has 0 saturated heterocycles. The monoisotopic (exact) mass is 391 g/mol. The minimum absolute atomic E-state index is 0.229. The Hall–Kier alpha value is -2.08. The first-order chi connectivity index (χ1) is 13.1. The van der Waals surface area contributed by atoms with Gasteiger partial charge in [0, 0.05) is 24.5 Å². The van der Waals surface area contributed by atoms with Crippen molar-refractivity contribution in [3.63, 3.8) is 0 Å². The molecule has 27 heavy (non-hydrogen) atoms. The molecule has 7 nitrogen and oxygen atoms in total. The number of benzene rings is 1. The zero-order valence-corrected chi connectivity index (χ0v) is 16.7. The van der Waals surface area contributed by atoms with Gasteiger partial charge in [-0.05, 0) is 26.7 Å². The van der Waals surface area contributed by atoms with Crippen LogP contribution in [0.4, 0.5) is 0 Å². The molecule has 0 bridgehead atoms. The van der Waals surface area contributed by atoms with Crippen LogP contribution in [0.1, 0.15) is 37.0 Å². The van der Waals surface area contributed by atoms with Crippen LogP contribution in [0, 0.1) is 0 Å². The molecule has 2 aromatic rings. The Kier molecular flexibility index (Phi) is 8.58. The summed E-state index contributed by atoms with van der Waals surface area (Å²) in [6.45, 7) is 4.76. The number of hydrogen-bond acceptors (Lipinski definition) is 6. The molecule has 0 radical (unpaired) electrons. The highest BCUT2D eigenvalue weighted by molar-refractivity contribution is 7.53. The maximum Gasteiger partial charge on any atom is 0.330 e. The molecular formula is C19H26N3O4P. The van der Waals surface area contributed by atoms with Gasteiger partial charge in [-0.2, -0.15) is 0 Å². The third-order valence-electron chi connectivity index (χ3n) is 3.74. The van der Waals surface area contributed by atoms with E-state index in [1.54, 1.807) is 13.8 Å². The van der Waals surface area contributed by atoms with Crippen molar-refractivity contribution in [3.8, 4) is 11.4 Å². The number of carbonyl (C=O) groups is 1. The number of nitrogens with one attached hydrogen (secondary N) is 1. The third-order valence-corrected chi connectivity index (χ3v) is 5.91. The van der Waals surface area contributed by atoms with Gasteiger partial charge in [-0.25, -0.2) is 9.97 Å². The minimum Gasteiger partial charge on any atom is -0.352 e. The van der Waals surface area contributed by atoms with Gasteiger partial charge in [0.25, 0.3) is 5.91 Å². The van der Waals surface area contributed by atoms with Crippen LogP contribution < -0.4 is 5.32 Å². The molecule has 0 saturated carbocycles. The fraction of sp³-hybridized carbons (Fsp3) is 0.421. The summed E-state index contributed by atoms with van der Waals surface area (Å²) in [5.74, 6) is 0.349. The first kappa shape index (κ1) is 21.2. The van der Waals surface area contributed by atoms with E-state index in [4.69, 9.17) is 9.05 Å². The smallest absolute Gasteiger partial charge is 0.330 e. The predicted molar refractivity (Wildman–Crippen MR) is 105 cm³/mol. The molecule has 1 amide bonds. The topological polar surface area (TPSA) is 90.4 Å². The quantitative estimate of drug-likeness (QED) is 0.461. The van der Waals surface area contributed by atoms with Crippen LogP contribution in [0.5, 0.6) is 0 Å². The Morgan fingerprint density at radius 2 is 1.67 bits per heavy atom. The summed E-state index contributed by atoms with van der Waals surface area (Å²) in [6, 6.07) is 9.58. The lowest BCUT2D eigenvalue weighted by molar-refractivity contribution is 0.0952. The van der Waals surface area contributed by atoms with E-state index in [1.165, 1.54) is 12.4 Å². The molecule has 1 N–H and O–H groups in total. The minimum atomic E-state index is -3.01. The summed E-state index contributed by atoms with van der Waals surface area (Å²) in [7, 11) is -3.01. The van der Waals surface area contributed by atoms with Crippen molar-refractivity contribution >= 4 is 13.5 Å². The largest absolute Gasteiger partial charge is 0.352 e. The number of amides is 1. The van der Waals surface area contributed by atoms with Crippen LogP contribution in [0.25, 0.3) is 11.4 Å². The Morgan fingerprint density at radius 1 is 1.04 bits per heavy atom. The molecule has 2 rings (SSSR count). The molecule has 0 aliphatic heterocycles. The molecule has 0 aliphatic rings. The molecular weight excluding hydrogens is 365 g/mol. The van der Waals surface area contributed by atoms with Gasteiger partial charge in [0.2, 0.25) is 0 Å². The van der Waals surface area contributed by atoms with Crippen LogP contribution in [-0.2, 0) is 13.6 Å². The van der Waals surface area contributed by atoms with Crippen molar-refractivity contribution in [1.82, 2.24) is 15.3 Å². The molecule has 0 unspecified atom stereocenters. The second-order valence-corrected chi connectivity index (χ2v) is 7.98. The van der Waals surface area contributed by atoms with E-state index in [-0.39, 0.29) is 5.91 Å². The summed E-state index contributed by atoms with van der Waals surface area (Å²) in [6.07, 6.45) is 4.70. The average Bonchev–Trinajstić information content (AvgIpc) is 2.69. The van der Waals surface area contributed by atoms with Gasteiger partial charge in [-0.15, -0.1) is 0 Å². The van der Waals surface area contributed by atoms with Gasteiger partial charge in [-0.3, -0.25) is 9.36 Å². The van der Waals surface area contributed by atoms with Gasteiger partial charge in [0.1, 0.15) is 0 Å². The fourth-order valence-electron chi connectivity index (χ4n) is 2.48. The standard InChI is InChI=1S/C19H26N3O4P/c1-3-25-27(24,26-4-2)13-9-8-12-20-19(23)17-14-21-18(22-15-17)16-10-6-5-7-11-16/h5-7,10-11,14-15H,3-4,8-9,12-13H2,1-2H3,(H,20,23). The van der Waals surface area contributed by atoms with Crippen LogP contribution in [0.15, 0.2) is 42.7 Å². The van der Waals surface area contributed by atoms with Crippen LogP contribution in [0.3, 0.4) is 0 Å². The van der Waals surface area contributed by atoms with Crippen molar-refractivity contribution in [2.45, 2.75) is 26.7 Å². The number of aromatic nitrogens is 2. The maximum atomic E-state index is 12.3. The highest BCUT2D eigenvalue weighted by atomic mass is 31.2. The normalized spacial score (nSPS) is 11.3. The molecule has 146 valence electrons. The van der Waals surface area contributed by atoms with Crippen molar-refractivity contribution < 1.29 is 18.4 Å². The first-order valence-corrected chi connectivity index (χ1v) is 10.8. The predicted octanol–water partition coefficient (Wildman–Crippen LogP) is 3.92. The van der Waals surface area contributed by atoms with Gasteiger partial charge >= 0.3 is 7.60 Å². The molecule has 8 heteroatoms. The number of carbonyl (C=O) groups excluding carboxylic acids is 1. The second-order valence-electron chi connectivity index (χ2n) is 5.79. The van der Waals surface area contributed by atoms with Crippen molar-refractivity contribution in [3.05, 3.63) is 48.3 Å². The summed E-state index contributed by atoms with van der Waals surface area (Å²) in [4.78, 5) is 20.7. The molecule has 0 spiro atoms. The number of hydrogen-bond donors (Lipinski definition) is 1. The van der Waals surface area contributed by atoms with Crippen LogP contribution in [-0.4, -0.2) is 41.8 Å². The summed E-state index contributed by atoms with van der Waals surface area (Å²) in [5.41, 5.74) is 1.31. The molecule has 1 aromatic carbocycles. The van der Waals surface area contributed by atoms with Crippen molar-refractivity contribution in [2.24, 2.45) is 0 Å². The average molecular weight is 391 g/mol. The third kappa shape index (κ3) is 6.86. The van der Waals surface area contributed by atoms with Gasteiger partial charge in [0.05, 0.1) is 24.9 Å². The number of unbranched alkanes of at least 4 members (excludes halogenated alkanes) is 1. The molecule has 0 aliphatic carbocycles. The SMILES string of the molecule is CCOP(=O)(CCCCNC(=O)c1cnc(-c2ccccc2)nc1)OCC. The van der Waals surface area contributed by atoms with E-state index >= 15 is 0 Å². The fourth-order valence-corrected chi connectivity index (χ4v) is 4.21.